The average Bonchev–Trinajstić information content (AvgIpc) is 2.42. The number of likely N-dealkylation sites (tertiary alicyclic amines) is 1. The van der Waals surface area contributed by atoms with Crippen LogP contribution in [-0.4, -0.2) is 36.4 Å². The maximum Gasteiger partial charge on any atom is 0.279 e. The minimum atomic E-state index is -0.240. The number of pyridine rings is 1. The second-order valence-electron chi connectivity index (χ2n) is 4.99. The summed E-state index contributed by atoms with van der Waals surface area (Å²) in [7, 11) is 0. The van der Waals surface area contributed by atoms with Crippen molar-refractivity contribution >= 4 is 29.1 Å². The third kappa shape index (κ3) is 3.91. The van der Waals surface area contributed by atoms with Gasteiger partial charge in [-0.2, -0.15) is 0 Å². The van der Waals surface area contributed by atoms with E-state index in [4.69, 9.17) is 17.3 Å². The van der Waals surface area contributed by atoms with Crippen LogP contribution in [0.2, 0.25) is 5.15 Å². The molecule has 2 rings (SSSR count). The van der Waals surface area contributed by atoms with Crippen LogP contribution in [0.4, 0.5) is 5.69 Å². The molecular formula is C13H18ClN4O2+. The fourth-order valence-electron chi connectivity index (χ4n) is 2.39. The van der Waals surface area contributed by atoms with Crippen LogP contribution in [0, 0.1) is 5.92 Å². The molecule has 0 unspecified atom stereocenters. The zero-order chi connectivity index (χ0) is 14.5. The van der Waals surface area contributed by atoms with Crippen molar-refractivity contribution in [3.8, 4) is 0 Å². The Morgan fingerprint density at radius 1 is 1.45 bits per heavy atom. The lowest BCUT2D eigenvalue weighted by atomic mass is 9.96. The van der Waals surface area contributed by atoms with Crippen LogP contribution in [-0.2, 0) is 9.59 Å². The molecule has 1 aromatic rings. The van der Waals surface area contributed by atoms with E-state index in [1.54, 1.807) is 18.3 Å². The largest absolute Gasteiger partial charge is 0.369 e. The number of aromatic nitrogens is 1. The number of amides is 2. The summed E-state index contributed by atoms with van der Waals surface area (Å²) in [5, 5.41) is 3.03. The lowest BCUT2D eigenvalue weighted by molar-refractivity contribution is -0.897. The molecule has 1 aliphatic heterocycles. The van der Waals surface area contributed by atoms with Crippen molar-refractivity contribution in [1.82, 2.24) is 4.98 Å². The number of rotatable bonds is 4. The van der Waals surface area contributed by atoms with Crippen LogP contribution >= 0.6 is 11.6 Å². The van der Waals surface area contributed by atoms with Gasteiger partial charge in [0.05, 0.1) is 18.8 Å². The summed E-state index contributed by atoms with van der Waals surface area (Å²) in [4.78, 5) is 28.1. The second kappa shape index (κ2) is 6.67. The summed E-state index contributed by atoms with van der Waals surface area (Å²) in [5.41, 5.74) is 5.80. The van der Waals surface area contributed by atoms with E-state index in [2.05, 4.69) is 10.3 Å². The van der Waals surface area contributed by atoms with Crippen molar-refractivity contribution in [2.45, 2.75) is 12.8 Å². The standard InChI is InChI=1S/C13H17ClN4O2/c14-12-10(2-1-5-16-12)17-11(19)8-18-6-3-9(4-7-18)13(15)20/h1-2,5,9H,3-4,6-8H2,(H2,15,20)(H,17,19)/p+1. The number of nitrogens with zero attached hydrogens (tertiary/aromatic N) is 1. The first-order chi connectivity index (χ1) is 9.56. The van der Waals surface area contributed by atoms with Gasteiger partial charge in [-0.05, 0) is 12.1 Å². The molecular weight excluding hydrogens is 280 g/mol. The molecule has 1 aliphatic rings. The van der Waals surface area contributed by atoms with Crippen LogP contribution in [0.1, 0.15) is 12.8 Å². The van der Waals surface area contributed by atoms with E-state index in [1.807, 2.05) is 0 Å². The second-order valence-corrected chi connectivity index (χ2v) is 5.35. The number of nitrogens with one attached hydrogen (secondary N) is 2. The van der Waals surface area contributed by atoms with Crippen molar-refractivity contribution in [2.24, 2.45) is 11.7 Å². The Balaban J connectivity index is 1.81. The molecule has 7 heteroatoms. The van der Waals surface area contributed by atoms with Crippen molar-refractivity contribution in [3.05, 3.63) is 23.5 Å². The van der Waals surface area contributed by atoms with Crippen LogP contribution in [0.5, 0.6) is 0 Å². The van der Waals surface area contributed by atoms with Gasteiger partial charge in [-0.3, -0.25) is 9.59 Å². The Hall–Kier alpha value is -1.66. The summed E-state index contributed by atoms with van der Waals surface area (Å²) >= 11 is 5.88. The van der Waals surface area contributed by atoms with Crippen LogP contribution in [0.15, 0.2) is 18.3 Å². The molecule has 1 saturated heterocycles. The minimum absolute atomic E-state index is 0.0467. The Labute approximate surface area is 122 Å². The van der Waals surface area contributed by atoms with Gasteiger partial charge in [0, 0.05) is 25.0 Å². The predicted octanol–water partition coefficient (Wildman–Crippen LogP) is -0.546. The molecule has 4 N–H and O–H groups in total. The smallest absolute Gasteiger partial charge is 0.279 e. The number of primary amides is 1. The van der Waals surface area contributed by atoms with Crippen molar-refractivity contribution < 1.29 is 14.5 Å². The minimum Gasteiger partial charge on any atom is -0.369 e. The zero-order valence-electron chi connectivity index (χ0n) is 11.1. The zero-order valence-corrected chi connectivity index (χ0v) is 11.8. The molecule has 0 spiro atoms. The monoisotopic (exact) mass is 297 g/mol. The maximum atomic E-state index is 11.9. The van der Waals surface area contributed by atoms with E-state index >= 15 is 0 Å². The predicted molar refractivity (Wildman–Crippen MR) is 75.4 cm³/mol. The summed E-state index contributed by atoms with van der Waals surface area (Å²) in [6, 6.07) is 3.43. The van der Waals surface area contributed by atoms with Gasteiger partial charge in [0.1, 0.15) is 0 Å². The highest BCUT2D eigenvalue weighted by Gasteiger charge is 2.27. The van der Waals surface area contributed by atoms with Crippen LogP contribution in [0.3, 0.4) is 0 Å². The van der Waals surface area contributed by atoms with E-state index in [0.717, 1.165) is 30.8 Å². The molecule has 2 heterocycles. The number of carbonyl (C=O) groups excluding carboxylic acids is 2. The molecule has 20 heavy (non-hydrogen) atoms. The number of quaternary nitrogens is 1. The third-order valence-electron chi connectivity index (χ3n) is 3.54. The molecule has 0 atom stereocenters. The summed E-state index contributed by atoms with van der Waals surface area (Å²) < 4.78 is 0. The number of carbonyl (C=O) groups is 2. The summed E-state index contributed by atoms with van der Waals surface area (Å²) in [5.74, 6) is -0.391. The Morgan fingerprint density at radius 2 is 2.15 bits per heavy atom. The number of piperidine rings is 1. The molecule has 108 valence electrons. The van der Waals surface area contributed by atoms with Gasteiger partial charge in [0.25, 0.3) is 5.91 Å². The van der Waals surface area contributed by atoms with Gasteiger partial charge < -0.3 is 16.0 Å². The van der Waals surface area contributed by atoms with E-state index in [-0.39, 0.29) is 22.9 Å². The molecule has 0 saturated carbocycles. The van der Waals surface area contributed by atoms with E-state index in [1.165, 1.54) is 0 Å². The first-order valence-corrected chi connectivity index (χ1v) is 6.97. The van der Waals surface area contributed by atoms with Gasteiger partial charge in [-0.25, -0.2) is 4.98 Å². The lowest BCUT2D eigenvalue weighted by Gasteiger charge is -2.27. The molecule has 0 radical (unpaired) electrons. The maximum absolute atomic E-state index is 11.9. The summed E-state index contributed by atoms with van der Waals surface area (Å²) in [6.45, 7) is 1.92. The molecule has 1 aromatic heterocycles. The fraction of sp³-hybridized carbons (Fsp3) is 0.462. The number of hydrogen-bond donors (Lipinski definition) is 3. The molecule has 0 aromatic carbocycles. The number of nitrogens with two attached hydrogens (primary N) is 1. The molecule has 2 amide bonds. The number of anilines is 1. The number of hydrogen-bond acceptors (Lipinski definition) is 3. The number of halogens is 1. The van der Waals surface area contributed by atoms with Gasteiger partial charge >= 0.3 is 0 Å². The van der Waals surface area contributed by atoms with E-state index < -0.39 is 0 Å². The molecule has 1 fully saturated rings. The van der Waals surface area contributed by atoms with Gasteiger partial charge in [-0.1, -0.05) is 11.6 Å². The molecule has 6 nitrogen and oxygen atoms in total. The van der Waals surface area contributed by atoms with Gasteiger partial charge in [0.2, 0.25) is 5.91 Å². The Morgan fingerprint density at radius 3 is 2.75 bits per heavy atom. The first kappa shape index (κ1) is 14.7. The highest BCUT2D eigenvalue weighted by molar-refractivity contribution is 6.32. The van der Waals surface area contributed by atoms with Crippen molar-refractivity contribution in [1.29, 1.82) is 0 Å². The summed E-state index contributed by atoms with van der Waals surface area (Å²) in [6.07, 6.45) is 3.05. The SMILES string of the molecule is NC(=O)C1CC[NH+](CC(=O)Nc2cccnc2Cl)CC1. The van der Waals surface area contributed by atoms with Crippen LogP contribution in [0.25, 0.3) is 0 Å². The Kier molecular flexibility index (Phi) is 4.92. The van der Waals surface area contributed by atoms with Crippen molar-refractivity contribution in [3.63, 3.8) is 0 Å². The quantitative estimate of drug-likeness (QED) is 0.652. The lowest BCUT2D eigenvalue weighted by Crippen LogP contribution is -3.14. The van der Waals surface area contributed by atoms with Gasteiger partial charge in [0.15, 0.2) is 11.7 Å². The van der Waals surface area contributed by atoms with Crippen molar-refractivity contribution in [2.75, 3.05) is 25.0 Å². The highest BCUT2D eigenvalue weighted by atomic mass is 35.5. The molecule has 0 bridgehead atoms. The third-order valence-corrected chi connectivity index (χ3v) is 3.84. The first-order valence-electron chi connectivity index (χ1n) is 6.59. The fourth-order valence-corrected chi connectivity index (χ4v) is 2.55. The van der Waals surface area contributed by atoms with Crippen LogP contribution < -0.4 is 16.0 Å². The van der Waals surface area contributed by atoms with Gasteiger partial charge in [-0.15, -0.1) is 0 Å². The highest BCUT2D eigenvalue weighted by Crippen LogP contribution is 2.16. The van der Waals surface area contributed by atoms with E-state index in [9.17, 15) is 9.59 Å². The normalized spacial score (nSPS) is 22.2. The van der Waals surface area contributed by atoms with E-state index in [0.29, 0.717) is 12.2 Å². The molecule has 0 aliphatic carbocycles. The topological polar surface area (TPSA) is 89.5 Å². The Bertz CT molecular complexity index is 501. The average molecular weight is 298 g/mol.